The highest BCUT2D eigenvalue weighted by Crippen LogP contribution is 2.23. The van der Waals surface area contributed by atoms with E-state index >= 15 is 0 Å². The van der Waals surface area contributed by atoms with Crippen molar-refractivity contribution in [1.82, 2.24) is 14.5 Å². The third-order valence-corrected chi connectivity index (χ3v) is 5.85. The molecule has 1 aromatic heterocycles. The van der Waals surface area contributed by atoms with E-state index in [4.69, 9.17) is 4.74 Å². The van der Waals surface area contributed by atoms with E-state index in [1.54, 1.807) is 60.3 Å². The summed E-state index contributed by atoms with van der Waals surface area (Å²) in [4.78, 5) is 43.8. The molecule has 3 aromatic rings. The average molecular weight is 447 g/mol. The third kappa shape index (κ3) is 4.95. The van der Waals surface area contributed by atoms with Gasteiger partial charge in [-0.2, -0.15) is 0 Å². The number of hydrogen-bond donors (Lipinski definition) is 1. The molecule has 2 heterocycles. The predicted octanol–water partition coefficient (Wildman–Crippen LogP) is 2.69. The van der Waals surface area contributed by atoms with E-state index in [1.165, 1.54) is 0 Å². The Kier molecular flexibility index (Phi) is 6.53. The maximum atomic E-state index is 12.8. The van der Waals surface area contributed by atoms with Gasteiger partial charge in [0.25, 0.3) is 0 Å². The van der Waals surface area contributed by atoms with Crippen LogP contribution in [-0.2, 0) is 23.1 Å². The van der Waals surface area contributed by atoms with Gasteiger partial charge in [0.05, 0.1) is 13.0 Å². The summed E-state index contributed by atoms with van der Waals surface area (Å²) in [5, 5.41) is 2.85. The molecule has 8 nitrogen and oxygen atoms in total. The standard InChI is InChI=1S/C25H26N4O4/c1-28-13-11-26-24(28)23(31)18-7-5-8-20(14-18)27-25(32)19-15-22(30)29(16-19)12-10-17-6-3-4-9-21(17)33-2/h3-9,11,13-14,19H,10,12,15-16H2,1-2H3,(H,27,32)/t19-/m1/s1. The van der Waals surface area contributed by atoms with Crippen molar-refractivity contribution in [2.75, 3.05) is 25.5 Å². The number of amides is 2. The zero-order chi connectivity index (χ0) is 23.4. The van der Waals surface area contributed by atoms with Gasteiger partial charge in [-0.1, -0.05) is 30.3 Å². The van der Waals surface area contributed by atoms with Gasteiger partial charge in [0.1, 0.15) is 5.75 Å². The fourth-order valence-corrected chi connectivity index (χ4v) is 4.02. The zero-order valence-corrected chi connectivity index (χ0v) is 18.7. The number of nitrogens with zero attached hydrogens (tertiary/aromatic N) is 3. The Balaban J connectivity index is 1.37. The largest absolute Gasteiger partial charge is 0.496 e. The average Bonchev–Trinajstić information content (AvgIpc) is 3.42. The van der Waals surface area contributed by atoms with Crippen LogP contribution in [0, 0.1) is 5.92 Å². The Bertz CT molecular complexity index is 1190. The number of anilines is 1. The molecule has 0 aliphatic carbocycles. The van der Waals surface area contributed by atoms with Crippen molar-refractivity contribution < 1.29 is 19.1 Å². The molecule has 1 N–H and O–H groups in total. The van der Waals surface area contributed by atoms with Crippen LogP contribution in [0.4, 0.5) is 5.69 Å². The number of carbonyl (C=O) groups excluding carboxylic acids is 3. The first-order valence-corrected chi connectivity index (χ1v) is 10.8. The highest BCUT2D eigenvalue weighted by molar-refractivity contribution is 6.07. The monoisotopic (exact) mass is 446 g/mol. The number of ketones is 1. The van der Waals surface area contributed by atoms with Crippen molar-refractivity contribution in [3.8, 4) is 5.75 Å². The molecule has 1 saturated heterocycles. The number of aromatic nitrogens is 2. The second-order valence-electron chi connectivity index (χ2n) is 8.06. The van der Waals surface area contributed by atoms with Crippen LogP contribution in [0.15, 0.2) is 60.9 Å². The lowest BCUT2D eigenvalue weighted by Gasteiger charge is -2.17. The second-order valence-corrected chi connectivity index (χ2v) is 8.06. The van der Waals surface area contributed by atoms with E-state index in [2.05, 4.69) is 10.3 Å². The van der Waals surface area contributed by atoms with E-state index in [-0.39, 0.29) is 24.0 Å². The number of likely N-dealkylation sites (tertiary alicyclic amines) is 1. The van der Waals surface area contributed by atoms with Crippen LogP contribution < -0.4 is 10.1 Å². The molecule has 1 aliphatic heterocycles. The fraction of sp³-hybridized carbons (Fsp3) is 0.280. The molecule has 1 fully saturated rings. The van der Waals surface area contributed by atoms with E-state index in [0.29, 0.717) is 36.6 Å². The van der Waals surface area contributed by atoms with Gasteiger partial charge in [-0.25, -0.2) is 4.98 Å². The van der Waals surface area contributed by atoms with Gasteiger partial charge in [-0.3, -0.25) is 14.4 Å². The van der Waals surface area contributed by atoms with Gasteiger partial charge >= 0.3 is 0 Å². The van der Waals surface area contributed by atoms with Crippen LogP contribution in [0.5, 0.6) is 5.75 Å². The van der Waals surface area contributed by atoms with Crippen molar-refractivity contribution in [3.05, 3.63) is 77.9 Å². The zero-order valence-electron chi connectivity index (χ0n) is 18.7. The number of carbonyl (C=O) groups is 3. The summed E-state index contributed by atoms with van der Waals surface area (Å²) in [5.41, 5.74) is 1.97. The van der Waals surface area contributed by atoms with Gasteiger partial charge < -0.3 is 19.5 Å². The number of methoxy groups -OCH3 is 1. The van der Waals surface area contributed by atoms with Gasteiger partial charge in [0.2, 0.25) is 17.6 Å². The summed E-state index contributed by atoms with van der Waals surface area (Å²) in [5.74, 6) is 0.179. The van der Waals surface area contributed by atoms with Crippen molar-refractivity contribution >= 4 is 23.3 Å². The Morgan fingerprint density at radius 2 is 2.00 bits per heavy atom. The molecule has 1 aliphatic rings. The minimum absolute atomic E-state index is 0.0382. The first-order chi connectivity index (χ1) is 16.0. The molecule has 2 amide bonds. The number of rotatable bonds is 8. The van der Waals surface area contributed by atoms with E-state index in [0.717, 1.165) is 11.3 Å². The van der Waals surface area contributed by atoms with Gasteiger partial charge in [-0.15, -0.1) is 0 Å². The second kappa shape index (κ2) is 9.68. The molecular weight excluding hydrogens is 420 g/mol. The third-order valence-electron chi connectivity index (χ3n) is 5.85. The lowest BCUT2D eigenvalue weighted by molar-refractivity contribution is -0.128. The summed E-state index contributed by atoms with van der Waals surface area (Å²) in [7, 11) is 3.38. The molecule has 0 unspecified atom stereocenters. The van der Waals surface area contributed by atoms with Crippen molar-refractivity contribution in [3.63, 3.8) is 0 Å². The van der Waals surface area contributed by atoms with Crippen LogP contribution in [0.25, 0.3) is 0 Å². The highest BCUT2D eigenvalue weighted by Gasteiger charge is 2.34. The smallest absolute Gasteiger partial charge is 0.229 e. The molecule has 33 heavy (non-hydrogen) atoms. The number of imidazole rings is 1. The summed E-state index contributed by atoms with van der Waals surface area (Å²) in [6.07, 6.45) is 4.09. The molecule has 0 bridgehead atoms. The first kappa shape index (κ1) is 22.3. The number of aryl methyl sites for hydroxylation is 1. The maximum Gasteiger partial charge on any atom is 0.229 e. The number of para-hydroxylation sites is 1. The Morgan fingerprint density at radius 3 is 2.76 bits per heavy atom. The first-order valence-electron chi connectivity index (χ1n) is 10.8. The summed E-state index contributed by atoms with van der Waals surface area (Å²) < 4.78 is 7.02. The van der Waals surface area contributed by atoms with Crippen LogP contribution in [0.3, 0.4) is 0 Å². The number of ether oxygens (including phenoxy) is 1. The number of hydrogen-bond acceptors (Lipinski definition) is 5. The molecule has 1 atom stereocenters. The number of nitrogens with one attached hydrogen (secondary N) is 1. The van der Waals surface area contributed by atoms with Crippen LogP contribution >= 0.6 is 0 Å². The minimum atomic E-state index is -0.441. The van der Waals surface area contributed by atoms with Gasteiger partial charge in [-0.05, 0) is 30.2 Å². The van der Waals surface area contributed by atoms with Crippen molar-refractivity contribution in [1.29, 1.82) is 0 Å². The van der Waals surface area contributed by atoms with Gasteiger partial charge in [0, 0.05) is 50.2 Å². The van der Waals surface area contributed by atoms with Crippen LogP contribution in [0.1, 0.15) is 28.2 Å². The molecular formula is C25H26N4O4. The lowest BCUT2D eigenvalue weighted by Crippen LogP contribution is -2.30. The molecule has 0 saturated carbocycles. The molecule has 0 spiro atoms. The molecule has 0 radical (unpaired) electrons. The topological polar surface area (TPSA) is 93.5 Å². The van der Waals surface area contributed by atoms with Crippen molar-refractivity contribution in [2.24, 2.45) is 13.0 Å². The van der Waals surface area contributed by atoms with E-state index < -0.39 is 5.92 Å². The SMILES string of the molecule is COc1ccccc1CCN1C[C@H](C(=O)Nc2cccc(C(=O)c3nccn3C)c2)CC1=O. The van der Waals surface area contributed by atoms with E-state index in [1.807, 2.05) is 24.3 Å². The normalized spacial score (nSPS) is 15.5. The quantitative estimate of drug-likeness (QED) is 0.537. The van der Waals surface area contributed by atoms with Gasteiger partial charge in [0.15, 0.2) is 5.82 Å². The molecule has 8 heteroatoms. The number of benzene rings is 2. The minimum Gasteiger partial charge on any atom is -0.496 e. The van der Waals surface area contributed by atoms with E-state index in [9.17, 15) is 14.4 Å². The maximum absolute atomic E-state index is 12.8. The predicted molar refractivity (Wildman–Crippen MR) is 123 cm³/mol. The van der Waals surface area contributed by atoms with Crippen molar-refractivity contribution in [2.45, 2.75) is 12.8 Å². The lowest BCUT2D eigenvalue weighted by atomic mass is 10.1. The Hall–Kier alpha value is -3.94. The highest BCUT2D eigenvalue weighted by atomic mass is 16.5. The summed E-state index contributed by atoms with van der Waals surface area (Å²) in [6.45, 7) is 0.891. The molecule has 2 aromatic carbocycles. The van der Waals surface area contributed by atoms with Crippen LogP contribution in [0.2, 0.25) is 0 Å². The molecule has 4 rings (SSSR count). The fourth-order valence-electron chi connectivity index (χ4n) is 4.02. The molecule has 170 valence electrons. The summed E-state index contributed by atoms with van der Waals surface area (Å²) >= 11 is 0. The summed E-state index contributed by atoms with van der Waals surface area (Å²) in [6, 6.07) is 14.5. The van der Waals surface area contributed by atoms with Crippen LogP contribution in [-0.4, -0.2) is 52.2 Å². The Labute approximate surface area is 192 Å². The Morgan fingerprint density at radius 1 is 1.18 bits per heavy atom.